The molecule has 4 nitrogen and oxygen atoms in total. The Labute approximate surface area is 299 Å². The Kier molecular flexibility index (Phi) is 38.1. The zero-order chi connectivity index (χ0) is 35.0. The number of carbonyl (C=O) groups excluding carboxylic acids is 1. The third kappa shape index (κ3) is 38.6. The summed E-state index contributed by atoms with van der Waals surface area (Å²) in [7, 11) is 0. The van der Waals surface area contributed by atoms with Crippen LogP contribution >= 0.6 is 0 Å². The molecule has 0 aliphatic carbocycles. The van der Waals surface area contributed by atoms with Crippen molar-refractivity contribution < 1.29 is 19.4 Å². The fraction of sp³-hybridized carbons (Fsp3) is 0.818. The van der Waals surface area contributed by atoms with Gasteiger partial charge in [0, 0.05) is 12.8 Å². The molecular weight excluding hydrogens is 592 g/mol. The van der Waals surface area contributed by atoms with Gasteiger partial charge in [0.2, 0.25) is 0 Å². The summed E-state index contributed by atoms with van der Waals surface area (Å²) in [6.45, 7) is 4.52. The Hall–Kier alpha value is -1.84. The predicted octanol–water partition coefficient (Wildman–Crippen LogP) is 14.6. The first kappa shape index (κ1) is 46.2. The van der Waals surface area contributed by atoms with Crippen molar-refractivity contribution in [3.63, 3.8) is 0 Å². The highest BCUT2D eigenvalue weighted by atomic mass is 16.5. The van der Waals surface area contributed by atoms with E-state index >= 15 is 0 Å². The molecule has 4 heteroatoms. The van der Waals surface area contributed by atoms with Gasteiger partial charge in [-0.05, 0) is 77.0 Å². The fourth-order valence-electron chi connectivity index (χ4n) is 6.25. The van der Waals surface area contributed by atoms with Gasteiger partial charge in [-0.15, -0.1) is 0 Å². The lowest BCUT2D eigenvalue weighted by Crippen LogP contribution is -2.18. The van der Waals surface area contributed by atoms with Crippen molar-refractivity contribution >= 4 is 11.9 Å². The van der Waals surface area contributed by atoms with E-state index in [9.17, 15) is 9.59 Å². The van der Waals surface area contributed by atoms with Crippen LogP contribution in [0.4, 0.5) is 0 Å². The quantitative estimate of drug-likeness (QED) is 0.0403. The molecule has 0 aromatic carbocycles. The Bertz CT molecular complexity index is 768. The molecule has 0 heterocycles. The maximum atomic E-state index is 12.7. The molecule has 0 saturated heterocycles. The summed E-state index contributed by atoms with van der Waals surface area (Å²) in [4.78, 5) is 23.4. The van der Waals surface area contributed by atoms with Gasteiger partial charge in [-0.1, -0.05) is 172 Å². The van der Waals surface area contributed by atoms with E-state index < -0.39 is 5.97 Å². The second-order valence-corrected chi connectivity index (χ2v) is 14.2. The van der Waals surface area contributed by atoms with Gasteiger partial charge in [0.15, 0.2) is 0 Å². The molecule has 0 fully saturated rings. The highest BCUT2D eigenvalue weighted by Crippen LogP contribution is 2.19. The Balaban J connectivity index is 4.00. The Morgan fingerprint density at radius 1 is 0.458 bits per heavy atom. The molecule has 1 unspecified atom stereocenters. The van der Waals surface area contributed by atoms with Crippen LogP contribution in [0.5, 0.6) is 0 Å². The first-order valence-electron chi connectivity index (χ1n) is 21.0. The number of hydrogen-bond acceptors (Lipinski definition) is 3. The fourth-order valence-corrected chi connectivity index (χ4v) is 6.25. The number of rotatable bonds is 38. The number of carbonyl (C=O) groups is 2. The van der Waals surface area contributed by atoms with Crippen LogP contribution in [0.3, 0.4) is 0 Å². The average molecular weight is 673 g/mol. The van der Waals surface area contributed by atoms with E-state index in [0.29, 0.717) is 6.42 Å². The highest BCUT2D eigenvalue weighted by molar-refractivity contribution is 5.69. The van der Waals surface area contributed by atoms with Crippen LogP contribution in [0, 0.1) is 0 Å². The van der Waals surface area contributed by atoms with Crippen molar-refractivity contribution in [1.29, 1.82) is 0 Å². The monoisotopic (exact) mass is 673 g/mol. The Morgan fingerprint density at radius 3 is 1.29 bits per heavy atom. The van der Waals surface area contributed by atoms with E-state index in [4.69, 9.17) is 9.84 Å². The molecule has 0 spiro atoms. The lowest BCUT2D eigenvalue weighted by Gasteiger charge is -2.18. The third-order valence-electron chi connectivity index (χ3n) is 9.36. The summed E-state index contributed by atoms with van der Waals surface area (Å²) >= 11 is 0. The molecular formula is C44H80O4. The lowest BCUT2D eigenvalue weighted by molar-refractivity contribution is -0.150. The van der Waals surface area contributed by atoms with Crippen LogP contribution in [0.25, 0.3) is 0 Å². The van der Waals surface area contributed by atoms with E-state index in [-0.39, 0.29) is 18.5 Å². The number of aliphatic carboxylic acids is 1. The largest absolute Gasteiger partial charge is 0.481 e. The number of hydrogen-bond donors (Lipinski definition) is 1. The summed E-state index contributed by atoms with van der Waals surface area (Å²) < 4.78 is 6.01. The molecule has 0 aromatic rings. The van der Waals surface area contributed by atoms with E-state index in [1.54, 1.807) is 0 Å². The van der Waals surface area contributed by atoms with Gasteiger partial charge >= 0.3 is 11.9 Å². The number of carboxylic acids is 1. The third-order valence-corrected chi connectivity index (χ3v) is 9.36. The van der Waals surface area contributed by atoms with Gasteiger partial charge in [0.25, 0.3) is 0 Å². The predicted molar refractivity (Wildman–Crippen MR) is 209 cm³/mol. The second kappa shape index (κ2) is 39.6. The van der Waals surface area contributed by atoms with Crippen LogP contribution in [-0.2, 0) is 14.3 Å². The standard InChI is InChI=1S/C44H80O4/c1-3-5-7-9-11-13-15-16-17-18-19-20-21-22-24-26-28-33-37-41-44(47)48-42(39-35-31-29-32-36-40-43(45)46)38-34-30-27-25-23-14-12-10-8-6-4-2/h11,13,16-17,19-20,42H,3-10,12,14-15,18,21-41H2,1-2H3,(H,45,46)/b13-11-,17-16-,20-19-. The molecule has 0 aliphatic heterocycles. The van der Waals surface area contributed by atoms with Crippen molar-refractivity contribution in [1.82, 2.24) is 0 Å². The molecule has 280 valence electrons. The van der Waals surface area contributed by atoms with Crippen molar-refractivity contribution in [3.05, 3.63) is 36.5 Å². The first-order chi connectivity index (χ1) is 23.6. The average Bonchev–Trinajstić information content (AvgIpc) is 3.07. The zero-order valence-electron chi connectivity index (χ0n) is 32.0. The summed E-state index contributed by atoms with van der Waals surface area (Å²) in [5.74, 6) is -0.709. The number of ether oxygens (including phenoxy) is 1. The molecule has 0 amide bonds. The van der Waals surface area contributed by atoms with Crippen LogP contribution in [0.15, 0.2) is 36.5 Å². The minimum absolute atomic E-state index is 0.00767. The van der Waals surface area contributed by atoms with Crippen LogP contribution in [-0.4, -0.2) is 23.1 Å². The number of unbranched alkanes of at least 4 members (excludes halogenated alkanes) is 23. The summed E-state index contributed by atoms with van der Waals surface area (Å²) in [6, 6.07) is 0. The molecule has 0 radical (unpaired) electrons. The molecule has 0 aromatic heterocycles. The lowest BCUT2D eigenvalue weighted by atomic mass is 10.0. The molecule has 0 aliphatic rings. The molecule has 1 atom stereocenters. The number of carboxylic acid groups (broad SMARTS) is 1. The number of allylic oxidation sites excluding steroid dienone is 6. The van der Waals surface area contributed by atoms with Crippen molar-refractivity contribution in [2.45, 2.75) is 232 Å². The molecule has 48 heavy (non-hydrogen) atoms. The van der Waals surface area contributed by atoms with Crippen molar-refractivity contribution in [2.75, 3.05) is 0 Å². The molecule has 0 rings (SSSR count). The maximum Gasteiger partial charge on any atom is 0.306 e. The van der Waals surface area contributed by atoms with Crippen molar-refractivity contribution in [2.24, 2.45) is 0 Å². The van der Waals surface area contributed by atoms with E-state index in [1.165, 1.54) is 122 Å². The van der Waals surface area contributed by atoms with Gasteiger partial charge in [-0.3, -0.25) is 9.59 Å². The summed E-state index contributed by atoms with van der Waals surface area (Å²) in [6.07, 6.45) is 51.6. The minimum atomic E-state index is -0.701. The van der Waals surface area contributed by atoms with E-state index in [2.05, 4.69) is 50.3 Å². The van der Waals surface area contributed by atoms with E-state index in [1.807, 2.05) is 0 Å². The Morgan fingerprint density at radius 2 is 0.812 bits per heavy atom. The smallest absolute Gasteiger partial charge is 0.306 e. The minimum Gasteiger partial charge on any atom is -0.481 e. The van der Waals surface area contributed by atoms with Crippen LogP contribution < -0.4 is 0 Å². The maximum absolute atomic E-state index is 12.7. The highest BCUT2D eigenvalue weighted by Gasteiger charge is 2.14. The van der Waals surface area contributed by atoms with E-state index in [0.717, 1.165) is 77.0 Å². The van der Waals surface area contributed by atoms with Gasteiger partial charge in [-0.2, -0.15) is 0 Å². The topological polar surface area (TPSA) is 63.6 Å². The summed E-state index contributed by atoms with van der Waals surface area (Å²) in [5.41, 5.74) is 0. The van der Waals surface area contributed by atoms with Gasteiger partial charge < -0.3 is 9.84 Å². The van der Waals surface area contributed by atoms with Crippen LogP contribution in [0.2, 0.25) is 0 Å². The molecule has 0 bridgehead atoms. The van der Waals surface area contributed by atoms with Gasteiger partial charge in [0.05, 0.1) is 0 Å². The molecule has 0 saturated carbocycles. The van der Waals surface area contributed by atoms with Crippen molar-refractivity contribution in [3.8, 4) is 0 Å². The molecule has 1 N–H and O–H groups in total. The van der Waals surface area contributed by atoms with Crippen LogP contribution in [0.1, 0.15) is 226 Å². The normalized spacial score (nSPS) is 12.5. The second-order valence-electron chi connectivity index (χ2n) is 14.2. The first-order valence-corrected chi connectivity index (χ1v) is 21.0. The zero-order valence-corrected chi connectivity index (χ0v) is 32.0. The number of esters is 1. The summed E-state index contributed by atoms with van der Waals surface area (Å²) in [5, 5.41) is 8.82. The van der Waals surface area contributed by atoms with Gasteiger partial charge in [0.1, 0.15) is 6.10 Å². The SMILES string of the molecule is CCCCC/C=C\C/C=C\C/C=C\CCCCCCCCC(=O)OC(CCCCCCCCCCCCC)CCCCCCCC(=O)O. The van der Waals surface area contributed by atoms with Gasteiger partial charge in [-0.25, -0.2) is 0 Å².